The second-order valence-electron chi connectivity index (χ2n) is 4.56. The van der Waals surface area contributed by atoms with Gasteiger partial charge in [0.25, 0.3) is 0 Å². The number of fused-ring (bicyclic) bond motifs is 1. The molecule has 0 saturated heterocycles. The van der Waals surface area contributed by atoms with Gasteiger partial charge in [-0.25, -0.2) is 0 Å². The number of carbonyl (C=O) groups excluding carboxylic acids is 1. The Kier molecular flexibility index (Phi) is 3.51. The van der Waals surface area contributed by atoms with Crippen molar-refractivity contribution in [3.8, 4) is 0 Å². The zero-order chi connectivity index (χ0) is 14.1. The number of hydrogen-bond donors (Lipinski definition) is 0. The van der Waals surface area contributed by atoms with E-state index in [2.05, 4.69) is 0 Å². The first kappa shape index (κ1) is 13.2. The van der Waals surface area contributed by atoms with Gasteiger partial charge in [0.2, 0.25) is 0 Å². The molecule has 0 fully saturated rings. The summed E-state index contributed by atoms with van der Waals surface area (Å²) in [5.41, 5.74) is 2.52. The van der Waals surface area contributed by atoms with Crippen LogP contribution < -0.4 is 0 Å². The standard InChI is InChI=1S/C16H11Cl2NO/c17-14-6-2-4-12(15(14)18)9-19-8-7-11-3-1-5-13(10-20)16(11)19/h1-8,10H,9H2. The molecule has 2 aromatic carbocycles. The van der Waals surface area contributed by atoms with E-state index in [9.17, 15) is 4.79 Å². The highest BCUT2D eigenvalue weighted by atomic mass is 35.5. The molecule has 4 heteroatoms. The molecular formula is C16H11Cl2NO. The van der Waals surface area contributed by atoms with E-state index in [1.165, 1.54) is 0 Å². The van der Waals surface area contributed by atoms with Gasteiger partial charge >= 0.3 is 0 Å². The van der Waals surface area contributed by atoms with E-state index in [1.54, 1.807) is 6.07 Å². The fourth-order valence-corrected chi connectivity index (χ4v) is 2.75. The van der Waals surface area contributed by atoms with Gasteiger partial charge in [0.15, 0.2) is 6.29 Å². The lowest BCUT2D eigenvalue weighted by Gasteiger charge is -2.09. The van der Waals surface area contributed by atoms with Gasteiger partial charge in [-0.3, -0.25) is 4.79 Å². The van der Waals surface area contributed by atoms with Gasteiger partial charge in [-0.05, 0) is 23.8 Å². The fraction of sp³-hybridized carbons (Fsp3) is 0.0625. The Labute approximate surface area is 126 Å². The summed E-state index contributed by atoms with van der Waals surface area (Å²) < 4.78 is 2.01. The van der Waals surface area contributed by atoms with Gasteiger partial charge < -0.3 is 4.57 Å². The molecule has 0 atom stereocenters. The van der Waals surface area contributed by atoms with Crippen LogP contribution >= 0.6 is 23.2 Å². The van der Waals surface area contributed by atoms with Gasteiger partial charge in [-0.1, -0.05) is 47.5 Å². The Hall–Kier alpha value is -1.77. The number of carbonyl (C=O) groups is 1. The first-order chi connectivity index (χ1) is 9.70. The molecule has 20 heavy (non-hydrogen) atoms. The minimum absolute atomic E-state index is 0.538. The number of halogens is 2. The zero-order valence-corrected chi connectivity index (χ0v) is 12.0. The molecule has 0 spiro atoms. The van der Waals surface area contributed by atoms with Crippen LogP contribution in [-0.4, -0.2) is 10.9 Å². The first-order valence-electron chi connectivity index (χ1n) is 6.16. The van der Waals surface area contributed by atoms with E-state index >= 15 is 0 Å². The van der Waals surface area contributed by atoms with Crippen molar-refractivity contribution in [1.82, 2.24) is 4.57 Å². The molecule has 3 rings (SSSR count). The molecule has 0 amide bonds. The highest BCUT2D eigenvalue weighted by Gasteiger charge is 2.09. The molecule has 1 aromatic heterocycles. The number of aromatic nitrogens is 1. The third-order valence-electron chi connectivity index (χ3n) is 3.32. The number of aldehydes is 1. The zero-order valence-electron chi connectivity index (χ0n) is 10.5. The molecule has 3 aromatic rings. The number of rotatable bonds is 3. The van der Waals surface area contributed by atoms with Crippen LogP contribution in [-0.2, 0) is 6.54 Å². The normalized spacial score (nSPS) is 10.9. The van der Waals surface area contributed by atoms with Crippen molar-refractivity contribution in [3.63, 3.8) is 0 Å². The number of hydrogen-bond acceptors (Lipinski definition) is 1. The Balaban J connectivity index is 2.11. The smallest absolute Gasteiger partial charge is 0.152 e. The van der Waals surface area contributed by atoms with Crippen molar-refractivity contribution in [2.75, 3.05) is 0 Å². The minimum Gasteiger partial charge on any atom is -0.342 e. The summed E-state index contributed by atoms with van der Waals surface area (Å²) in [4.78, 5) is 11.2. The largest absolute Gasteiger partial charge is 0.342 e. The molecule has 0 bridgehead atoms. The van der Waals surface area contributed by atoms with Gasteiger partial charge in [-0.15, -0.1) is 0 Å². The van der Waals surface area contributed by atoms with Gasteiger partial charge in [0.05, 0.1) is 15.6 Å². The summed E-state index contributed by atoms with van der Waals surface area (Å²) >= 11 is 12.3. The summed E-state index contributed by atoms with van der Waals surface area (Å²) in [6.07, 6.45) is 2.83. The molecule has 1 heterocycles. The molecule has 0 N–H and O–H groups in total. The first-order valence-corrected chi connectivity index (χ1v) is 6.92. The van der Waals surface area contributed by atoms with E-state index < -0.39 is 0 Å². The van der Waals surface area contributed by atoms with Crippen molar-refractivity contribution in [2.24, 2.45) is 0 Å². The topological polar surface area (TPSA) is 22.0 Å². The number of benzene rings is 2. The Morgan fingerprint density at radius 2 is 1.85 bits per heavy atom. The number of nitrogens with zero attached hydrogens (tertiary/aromatic N) is 1. The van der Waals surface area contributed by atoms with E-state index in [0.717, 1.165) is 22.8 Å². The maximum absolute atomic E-state index is 11.2. The molecule has 0 saturated carbocycles. The summed E-state index contributed by atoms with van der Waals surface area (Å²) in [6, 6.07) is 13.2. The Morgan fingerprint density at radius 3 is 2.65 bits per heavy atom. The van der Waals surface area contributed by atoms with E-state index in [-0.39, 0.29) is 0 Å². The van der Waals surface area contributed by atoms with Crippen LogP contribution in [0.4, 0.5) is 0 Å². The third-order valence-corrected chi connectivity index (χ3v) is 4.18. The van der Waals surface area contributed by atoms with Gasteiger partial charge in [0, 0.05) is 23.7 Å². The van der Waals surface area contributed by atoms with Crippen LogP contribution in [0, 0.1) is 0 Å². The molecule has 100 valence electrons. The van der Waals surface area contributed by atoms with Crippen LogP contribution in [0.15, 0.2) is 48.7 Å². The molecule has 0 aliphatic heterocycles. The van der Waals surface area contributed by atoms with E-state index in [0.29, 0.717) is 22.2 Å². The lowest BCUT2D eigenvalue weighted by atomic mass is 10.1. The van der Waals surface area contributed by atoms with Gasteiger partial charge in [-0.2, -0.15) is 0 Å². The van der Waals surface area contributed by atoms with Crippen molar-refractivity contribution >= 4 is 40.4 Å². The van der Waals surface area contributed by atoms with Gasteiger partial charge in [0.1, 0.15) is 0 Å². The van der Waals surface area contributed by atoms with Crippen molar-refractivity contribution in [2.45, 2.75) is 6.54 Å². The summed E-state index contributed by atoms with van der Waals surface area (Å²) in [5, 5.41) is 2.13. The predicted octanol–water partition coefficient (Wildman–Crippen LogP) is 4.81. The minimum atomic E-state index is 0.538. The van der Waals surface area contributed by atoms with Crippen LogP contribution in [0.5, 0.6) is 0 Å². The molecule has 0 unspecified atom stereocenters. The Morgan fingerprint density at radius 1 is 1.05 bits per heavy atom. The SMILES string of the molecule is O=Cc1cccc2ccn(Cc3cccc(Cl)c3Cl)c12. The van der Waals surface area contributed by atoms with Crippen molar-refractivity contribution in [3.05, 3.63) is 69.8 Å². The van der Waals surface area contributed by atoms with Crippen LogP contribution in [0.25, 0.3) is 10.9 Å². The second-order valence-corrected chi connectivity index (χ2v) is 5.34. The third kappa shape index (κ3) is 2.21. The molecule has 0 aliphatic carbocycles. The fourth-order valence-electron chi connectivity index (χ4n) is 2.37. The van der Waals surface area contributed by atoms with Crippen LogP contribution in [0.3, 0.4) is 0 Å². The van der Waals surface area contributed by atoms with E-state index in [4.69, 9.17) is 23.2 Å². The molecular weight excluding hydrogens is 293 g/mol. The monoisotopic (exact) mass is 303 g/mol. The van der Waals surface area contributed by atoms with E-state index in [1.807, 2.05) is 47.2 Å². The predicted molar refractivity (Wildman–Crippen MR) is 82.9 cm³/mol. The average Bonchev–Trinajstić information content (AvgIpc) is 2.87. The quantitative estimate of drug-likeness (QED) is 0.636. The van der Waals surface area contributed by atoms with Crippen molar-refractivity contribution in [1.29, 1.82) is 0 Å². The Bertz CT molecular complexity index is 792. The highest BCUT2D eigenvalue weighted by molar-refractivity contribution is 6.42. The lowest BCUT2D eigenvalue weighted by Crippen LogP contribution is -2.00. The highest BCUT2D eigenvalue weighted by Crippen LogP contribution is 2.28. The molecule has 2 nitrogen and oxygen atoms in total. The lowest BCUT2D eigenvalue weighted by molar-refractivity contribution is 0.112. The summed E-state index contributed by atoms with van der Waals surface area (Å²) in [7, 11) is 0. The molecule has 0 aliphatic rings. The van der Waals surface area contributed by atoms with Crippen LogP contribution in [0.2, 0.25) is 10.0 Å². The second kappa shape index (κ2) is 5.31. The molecule has 0 radical (unpaired) electrons. The average molecular weight is 304 g/mol. The van der Waals surface area contributed by atoms with Crippen molar-refractivity contribution < 1.29 is 4.79 Å². The maximum atomic E-state index is 11.2. The van der Waals surface area contributed by atoms with Crippen LogP contribution in [0.1, 0.15) is 15.9 Å². The summed E-state index contributed by atoms with van der Waals surface area (Å²) in [6.45, 7) is 0.577. The number of para-hydroxylation sites is 1. The summed E-state index contributed by atoms with van der Waals surface area (Å²) in [5.74, 6) is 0. The maximum Gasteiger partial charge on any atom is 0.152 e.